The lowest BCUT2D eigenvalue weighted by molar-refractivity contribution is 0.0695. The molecule has 2 heterocycles. The number of sulfone groups is 1. The number of carbonyl (C=O) groups is 1. The van der Waals surface area contributed by atoms with Crippen molar-refractivity contribution in [1.82, 2.24) is 4.90 Å². The topological polar surface area (TPSA) is 74.7 Å². The summed E-state index contributed by atoms with van der Waals surface area (Å²) in [6.45, 7) is 1.32. The van der Waals surface area contributed by atoms with Gasteiger partial charge in [0.05, 0.1) is 16.6 Å². The summed E-state index contributed by atoms with van der Waals surface area (Å²) in [6.07, 6.45) is 1.38. The van der Waals surface area contributed by atoms with Crippen LogP contribution in [0.1, 0.15) is 22.3 Å². The number of rotatable bonds is 4. The summed E-state index contributed by atoms with van der Waals surface area (Å²) in [4.78, 5) is 13.3. The van der Waals surface area contributed by atoms with Gasteiger partial charge in [0.25, 0.3) is 0 Å². The van der Waals surface area contributed by atoms with Crippen LogP contribution in [0.15, 0.2) is 24.3 Å². The molecule has 1 aromatic rings. The molecule has 1 aromatic carbocycles. The number of nitrogens with zero attached hydrogens (tertiary/aromatic N) is 1. The van der Waals surface area contributed by atoms with E-state index >= 15 is 0 Å². The van der Waals surface area contributed by atoms with Crippen molar-refractivity contribution < 1.29 is 18.3 Å². The lowest BCUT2D eigenvalue weighted by atomic mass is 10.0. The van der Waals surface area contributed by atoms with Gasteiger partial charge in [0.1, 0.15) is 0 Å². The van der Waals surface area contributed by atoms with E-state index in [1.807, 2.05) is 12.1 Å². The van der Waals surface area contributed by atoms with Crippen molar-refractivity contribution in [3.8, 4) is 0 Å². The molecule has 0 radical (unpaired) electrons. The average molecular weight is 295 g/mol. The average Bonchev–Trinajstić information content (AvgIpc) is 2.92. The van der Waals surface area contributed by atoms with Gasteiger partial charge in [0.2, 0.25) is 0 Å². The molecular weight excluding hydrogens is 278 g/mol. The van der Waals surface area contributed by atoms with Crippen LogP contribution in [0, 0.1) is 0 Å². The summed E-state index contributed by atoms with van der Waals surface area (Å²) in [7, 11) is -2.86. The van der Waals surface area contributed by atoms with Crippen molar-refractivity contribution in [3.05, 3.63) is 35.4 Å². The highest BCUT2D eigenvalue weighted by molar-refractivity contribution is 7.92. The first kappa shape index (κ1) is 13.6. The summed E-state index contributed by atoms with van der Waals surface area (Å²) in [5, 5.41) is 8.93. The largest absolute Gasteiger partial charge is 0.478 e. The normalized spacial score (nSPS) is 27.8. The maximum absolute atomic E-state index is 11.7. The number of carboxylic acids is 1. The van der Waals surface area contributed by atoms with Gasteiger partial charge in [-0.25, -0.2) is 13.2 Å². The third kappa shape index (κ3) is 2.33. The van der Waals surface area contributed by atoms with E-state index in [2.05, 4.69) is 4.90 Å². The number of aromatic carboxylic acids is 1. The molecule has 108 valence electrons. The molecule has 2 fully saturated rings. The van der Waals surface area contributed by atoms with Crippen molar-refractivity contribution in [2.75, 3.05) is 18.8 Å². The second kappa shape index (κ2) is 4.86. The lowest BCUT2D eigenvalue weighted by Gasteiger charge is -2.26. The smallest absolute Gasteiger partial charge is 0.335 e. The molecule has 0 amide bonds. The molecule has 2 saturated heterocycles. The fourth-order valence-corrected chi connectivity index (χ4v) is 5.35. The van der Waals surface area contributed by atoms with Gasteiger partial charge in [-0.1, -0.05) is 18.2 Å². The summed E-state index contributed by atoms with van der Waals surface area (Å²) >= 11 is 0. The van der Waals surface area contributed by atoms with Crippen molar-refractivity contribution in [3.63, 3.8) is 0 Å². The van der Waals surface area contributed by atoms with Crippen molar-refractivity contribution in [1.29, 1.82) is 0 Å². The molecule has 6 heteroatoms. The Hall–Kier alpha value is -1.40. The Balaban J connectivity index is 1.66. The predicted octanol–water partition coefficient (Wildman–Crippen LogP) is 0.799. The van der Waals surface area contributed by atoms with E-state index in [1.54, 1.807) is 12.1 Å². The predicted molar refractivity (Wildman–Crippen MR) is 74.7 cm³/mol. The van der Waals surface area contributed by atoms with Crippen LogP contribution in [0.5, 0.6) is 0 Å². The van der Waals surface area contributed by atoms with Gasteiger partial charge >= 0.3 is 5.97 Å². The SMILES string of the molecule is O=C(O)c1ccccc1CCN1CC2CC1CS2(=O)=O. The van der Waals surface area contributed by atoms with Gasteiger partial charge in [-0.2, -0.15) is 0 Å². The number of carboxylic acid groups (broad SMARTS) is 1. The molecule has 0 aliphatic carbocycles. The Morgan fingerprint density at radius 3 is 2.70 bits per heavy atom. The Bertz CT molecular complexity index is 640. The van der Waals surface area contributed by atoms with E-state index < -0.39 is 15.8 Å². The van der Waals surface area contributed by atoms with Crippen LogP contribution < -0.4 is 0 Å². The second-order valence-electron chi connectivity index (χ2n) is 5.55. The zero-order valence-electron chi connectivity index (χ0n) is 11.0. The van der Waals surface area contributed by atoms with Crippen LogP contribution in [0.2, 0.25) is 0 Å². The Morgan fingerprint density at radius 1 is 1.35 bits per heavy atom. The maximum Gasteiger partial charge on any atom is 0.335 e. The van der Waals surface area contributed by atoms with E-state index in [9.17, 15) is 13.2 Å². The van der Waals surface area contributed by atoms with Crippen LogP contribution in [-0.4, -0.2) is 54.5 Å². The molecule has 1 N–H and O–H groups in total. The number of benzene rings is 1. The number of fused-ring (bicyclic) bond motifs is 2. The number of likely N-dealkylation sites (tertiary alicyclic amines) is 1. The number of hydrogen-bond donors (Lipinski definition) is 1. The highest BCUT2D eigenvalue weighted by atomic mass is 32.2. The van der Waals surface area contributed by atoms with Crippen LogP contribution in [0.4, 0.5) is 0 Å². The van der Waals surface area contributed by atoms with Gasteiger partial charge < -0.3 is 5.11 Å². The molecule has 2 bridgehead atoms. The van der Waals surface area contributed by atoms with Gasteiger partial charge in [0, 0.05) is 19.1 Å². The summed E-state index contributed by atoms with van der Waals surface area (Å²) in [6, 6.07) is 7.12. The van der Waals surface area contributed by atoms with Crippen molar-refractivity contribution in [2.45, 2.75) is 24.1 Å². The highest BCUT2D eigenvalue weighted by Crippen LogP contribution is 2.32. The van der Waals surface area contributed by atoms with E-state index in [0.717, 1.165) is 18.5 Å². The number of hydrogen-bond acceptors (Lipinski definition) is 4. The zero-order valence-corrected chi connectivity index (χ0v) is 11.8. The fraction of sp³-hybridized carbons (Fsp3) is 0.500. The van der Waals surface area contributed by atoms with Crippen LogP contribution in [0.3, 0.4) is 0 Å². The molecule has 0 aromatic heterocycles. The first-order chi connectivity index (χ1) is 9.47. The molecule has 3 rings (SSSR count). The molecule has 20 heavy (non-hydrogen) atoms. The second-order valence-corrected chi connectivity index (χ2v) is 7.87. The highest BCUT2D eigenvalue weighted by Gasteiger charge is 2.47. The molecular formula is C14H17NO4S. The van der Waals surface area contributed by atoms with Gasteiger partial charge in [0.15, 0.2) is 9.84 Å². The lowest BCUT2D eigenvalue weighted by Crippen LogP contribution is -2.41. The van der Waals surface area contributed by atoms with Gasteiger partial charge in [-0.05, 0) is 24.5 Å². The molecule has 5 nitrogen and oxygen atoms in total. The third-order valence-electron chi connectivity index (χ3n) is 4.34. The van der Waals surface area contributed by atoms with Crippen LogP contribution in [-0.2, 0) is 16.3 Å². The molecule has 2 aliphatic heterocycles. The van der Waals surface area contributed by atoms with Crippen molar-refractivity contribution >= 4 is 15.8 Å². The van der Waals surface area contributed by atoms with Crippen LogP contribution in [0.25, 0.3) is 0 Å². The van der Waals surface area contributed by atoms with E-state index in [-0.39, 0.29) is 17.0 Å². The van der Waals surface area contributed by atoms with Gasteiger partial charge in [-0.3, -0.25) is 4.90 Å². The molecule has 2 atom stereocenters. The molecule has 0 spiro atoms. The minimum atomic E-state index is -2.86. The molecule has 2 aliphatic rings. The Morgan fingerprint density at radius 2 is 2.10 bits per heavy atom. The molecule has 2 unspecified atom stereocenters. The third-order valence-corrected chi connectivity index (χ3v) is 6.54. The zero-order chi connectivity index (χ0) is 14.3. The molecule has 0 saturated carbocycles. The van der Waals surface area contributed by atoms with Crippen molar-refractivity contribution in [2.24, 2.45) is 0 Å². The van der Waals surface area contributed by atoms with E-state index in [4.69, 9.17) is 5.11 Å². The standard InChI is InChI=1S/C14H17NO4S/c16-14(17)13-4-2-1-3-10(13)5-6-15-8-12-7-11(15)9-20(12,18)19/h1-4,11-12H,5-9H2,(H,16,17). The fourth-order valence-electron chi connectivity index (χ4n) is 3.26. The van der Waals surface area contributed by atoms with E-state index in [0.29, 0.717) is 18.5 Å². The first-order valence-electron chi connectivity index (χ1n) is 6.74. The summed E-state index contributed by atoms with van der Waals surface area (Å²) < 4.78 is 23.4. The quantitative estimate of drug-likeness (QED) is 0.889. The first-order valence-corrected chi connectivity index (χ1v) is 8.46. The minimum absolute atomic E-state index is 0.127. The van der Waals surface area contributed by atoms with E-state index in [1.165, 1.54) is 0 Å². The summed E-state index contributed by atoms with van der Waals surface area (Å²) in [5.74, 6) is -0.649. The minimum Gasteiger partial charge on any atom is -0.478 e. The Kier molecular flexibility index (Phi) is 3.30. The monoisotopic (exact) mass is 295 g/mol. The maximum atomic E-state index is 11.7. The van der Waals surface area contributed by atoms with Gasteiger partial charge in [-0.15, -0.1) is 0 Å². The summed E-state index contributed by atoms with van der Waals surface area (Å²) in [5.41, 5.74) is 1.15. The Labute approximate surface area is 118 Å². The van der Waals surface area contributed by atoms with Crippen LogP contribution >= 0.6 is 0 Å².